The van der Waals surface area contributed by atoms with Crippen molar-refractivity contribution in [2.75, 3.05) is 18.8 Å². The van der Waals surface area contributed by atoms with Gasteiger partial charge in [-0.3, -0.25) is 4.79 Å². The van der Waals surface area contributed by atoms with Crippen LogP contribution < -0.4 is 5.32 Å². The Bertz CT molecular complexity index is 345. The lowest BCUT2D eigenvalue weighted by atomic mass is 10.0. The topological polar surface area (TPSA) is 69.6 Å². The molecule has 6 heteroatoms. The van der Waals surface area contributed by atoms with E-state index >= 15 is 0 Å². The van der Waals surface area contributed by atoms with Gasteiger partial charge in [-0.2, -0.15) is 0 Å². The number of thioether (sulfide) groups is 1. The van der Waals surface area contributed by atoms with Crippen LogP contribution >= 0.6 is 11.8 Å². The molecule has 0 aromatic rings. The van der Waals surface area contributed by atoms with Crippen molar-refractivity contribution >= 4 is 23.6 Å². The van der Waals surface area contributed by atoms with E-state index in [4.69, 9.17) is 0 Å². The van der Waals surface area contributed by atoms with Gasteiger partial charge in [-0.1, -0.05) is 6.92 Å². The van der Waals surface area contributed by atoms with Crippen molar-refractivity contribution in [1.82, 2.24) is 10.2 Å². The van der Waals surface area contributed by atoms with Gasteiger partial charge in [0.15, 0.2) is 0 Å². The molecule has 0 aliphatic carbocycles. The summed E-state index contributed by atoms with van der Waals surface area (Å²) >= 11 is 1.59. The number of carboxylic acids is 1. The summed E-state index contributed by atoms with van der Waals surface area (Å²) in [6.45, 7) is 4.03. The molecular weight excluding hydrogens is 264 g/mol. The summed E-state index contributed by atoms with van der Waals surface area (Å²) in [4.78, 5) is 25.1. The number of amides is 1. The molecule has 2 N–H and O–H groups in total. The predicted molar refractivity (Wildman–Crippen MR) is 75.0 cm³/mol. The molecular formula is C13H22N2O3S. The Morgan fingerprint density at radius 3 is 2.84 bits per heavy atom. The van der Waals surface area contributed by atoms with Crippen LogP contribution in [0.5, 0.6) is 0 Å². The highest BCUT2D eigenvalue weighted by Gasteiger charge is 2.40. The Hall–Kier alpha value is -0.750. The molecule has 0 bridgehead atoms. The molecule has 5 nitrogen and oxygen atoms in total. The number of rotatable bonds is 5. The number of carbonyl (C=O) groups excluding carboxylic acids is 1. The van der Waals surface area contributed by atoms with E-state index in [0.717, 1.165) is 32.4 Å². The van der Waals surface area contributed by atoms with Gasteiger partial charge in [0, 0.05) is 12.2 Å². The number of hydrogen-bond donors (Lipinski definition) is 2. The van der Waals surface area contributed by atoms with Gasteiger partial charge in [0.1, 0.15) is 6.04 Å². The first kappa shape index (κ1) is 14.7. The molecule has 0 radical (unpaired) electrons. The van der Waals surface area contributed by atoms with Crippen LogP contribution in [0.4, 0.5) is 0 Å². The van der Waals surface area contributed by atoms with Gasteiger partial charge in [0.2, 0.25) is 5.91 Å². The zero-order chi connectivity index (χ0) is 13.8. The second kappa shape index (κ2) is 6.61. The SMILES string of the molecule is CCC1SCC(C(=O)O)N1C(=O)CCC1CCNC1. The minimum Gasteiger partial charge on any atom is -0.480 e. The Morgan fingerprint density at radius 1 is 1.47 bits per heavy atom. The summed E-state index contributed by atoms with van der Waals surface area (Å²) in [6, 6.07) is -0.635. The van der Waals surface area contributed by atoms with Crippen LogP contribution in [-0.2, 0) is 9.59 Å². The van der Waals surface area contributed by atoms with Gasteiger partial charge in [-0.25, -0.2) is 4.79 Å². The molecule has 2 fully saturated rings. The second-order valence-electron chi connectivity index (χ2n) is 5.25. The molecule has 0 saturated carbocycles. The van der Waals surface area contributed by atoms with Gasteiger partial charge in [-0.05, 0) is 38.3 Å². The molecule has 3 unspecified atom stereocenters. The average Bonchev–Trinajstić information content (AvgIpc) is 3.04. The monoisotopic (exact) mass is 286 g/mol. The molecule has 2 rings (SSSR count). The third-order valence-corrected chi connectivity index (χ3v) is 5.40. The Labute approximate surface area is 118 Å². The summed E-state index contributed by atoms with van der Waals surface area (Å²) in [5.41, 5.74) is 0. The summed E-state index contributed by atoms with van der Waals surface area (Å²) in [6.07, 6.45) is 3.29. The lowest BCUT2D eigenvalue weighted by Crippen LogP contribution is -2.45. The Balaban J connectivity index is 1.91. The van der Waals surface area contributed by atoms with Crippen molar-refractivity contribution in [2.24, 2.45) is 5.92 Å². The van der Waals surface area contributed by atoms with Gasteiger partial charge in [0.25, 0.3) is 0 Å². The maximum atomic E-state index is 12.3. The smallest absolute Gasteiger partial charge is 0.327 e. The quantitative estimate of drug-likeness (QED) is 0.793. The van der Waals surface area contributed by atoms with Crippen molar-refractivity contribution in [2.45, 2.75) is 44.0 Å². The van der Waals surface area contributed by atoms with Crippen LogP contribution in [0.2, 0.25) is 0 Å². The lowest BCUT2D eigenvalue weighted by Gasteiger charge is -2.27. The fourth-order valence-electron chi connectivity index (χ4n) is 2.82. The zero-order valence-electron chi connectivity index (χ0n) is 11.3. The average molecular weight is 286 g/mol. The molecule has 2 heterocycles. The largest absolute Gasteiger partial charge is 0.480 e. The summed E-state index contributed by atoms with van der Waals surface area (Å²) < 4.78 is 0. The van der Waals surface area contributed by atoms with Crippen molar-refractivity contribution < 1.29 is 14.7 Å². The van der Waals surface area contributed by atoms with Crippen LogP contribution in [0, 0.1) is 5.92 Å². The van der Waals surface area contributed by atoms with Gasteiger partial charge >= 0.3 is 5.97 Å². The van der Waals surface area contributed by atoms with Crippen LogP contribution in [0.3, 0.4) is 0 Å². The van der Waals surface area contributed by atoms with Gasteiger partial charge < -0.3 is 15.3 Å². The fraction of sp³-hybridized carbons (Fsp3) is 0.846. The highest BCUT2D eigenvalue weighted by molar-refractivity contribution is 8.00. The highest BCUT2D eigenvalue weighted by Crippen LogP contribution is 2.32. The number of nitrogens with one attached hydrogen (secondary N) is 1. The maximum Gasteiger partial charge on any atom is 0.327 e. The standard InChI is InChI=1S/C13H22N2O3S/c1-2-12-15(10(8-19-12)13(17)18)11(16)4-3-9-5-6-14-7-9/h9-10,12,14H,2-8H2,1H3,(H,17,18). The van der Waals surface area contributed by atoms with Crippen molar-refractivity contribution in [1.29, 1.82) is 0 Å². The minimum atomic E-state index is -0.876. The van der Waals surface area contributed by atoms with E-state index in [9.17, 15) is 14.7 Å². The van der Waals surface area contributed by atoms with Crippen LogP contribution in [0.25, 0.3) is 0 Å². The third-order valence-electron chi connectivity index (χ3n) is 3.94. The Morgan fingerprint density at radius 2 is 2.26 bits per heavy atom. The summed E-state index contributed by atoms with van der Waals surface area (Å²) in [7, 11) is 0. The zero-order valence-corrected chi connectivity index (χ0v) is 12.1. The van der Waals surface area contributed by atoms with E-state index in [0.29, 0.717) is 18.1 Å². The molecule has 0 spiro atoms. The van der Waals surface area contributed by atoms with E-state index in [1.54, 1.807) is 16.7 Å². The maximum absolute atomic E-state index is 12.3. The van der Waals surface area contributed by atoms with Gasteiger partial charge in [-0.15, -0.1) is 11.8 Å². The number of nitrogens with zero attached hydrogens (tertiary/aromatic N) is 1. The normalized spacial score (nSPS) is 30.8. The van der Waals surface area contributed by atoms with Crippen molar-refractivity contribution in [3.8, 4) is 0 Å². The Kier molecular flexibility index (Phi) is 5.10. The number of carbonyl (C=O) groups is 2. The molecule has 2 aliphatic rings. The van der Waals surface area contributed by atoms with E-state index < -0.39 is 12.0 Å². The van der Waals surface area contributed by atoms with E-state index in [1.807, 2.05) is 6.92 Å². The second-order valence-corrected chi connectivity index (χ2v) is 6.46. The van der Waals surface area contributed by atoms with Crippen LogP contribution in [-0.4, -0.2) is 52.1 Å². The first-order chi connectivity index (χ1) is 9.13. The van der Waals surface area contributed by atoms with E-state index in [2.05, 4.69) is 5.32 Å². The summed E-state index contributed by atoms with van der Waals surface area (Å²) in [5.74, 6) is 0.225. The van der Waals surface area contributed by atoms with E-state index in [1.165, 1.54) is 0 Å². The fourth-order valence-corrected chi connectivity index (χ4v) is 4.19. The molecule has 3 atom stereocenters. The number of aliphatic carboxylic acids is 1. The first-order valence-corrected chi connectivity index (χ1v) is 8.04. The predicted octanol–water partition coefficient (Wildman–Crippen LogP) is 1.14. The van der Waals surface area contributed by atoms with Crippen molar-refractivity contribution in [3.05, 3.63) is 0 Å². The third kappa shape index (κ3) is 3.42. The first-order valence-electron chi connectivity index (χ1n) is 6.99. The van der Waals surface area contributed by atoms with Crippen molar-refractivity contribution in [3.63, 3.8) is 0 Å². The molecule has 0 aromatic heterocycles. The molecule has 1 amide bonds. The molecule has 19 heavy (non-hydrogen) atoms. The van der Waals surface area contributed by atoms with E-state index in [-0.39, 0.29) is 11.3 Å². The highest BCUT2D eigenvalue weighted by atomic mass is 32.2. The number of hydrogen-bond acceptors (Lipinski definition) is 4. The molecule has 2 saturated heterocycles. The molecule has 108 valence electrons. The van der Waals surface area contributed by atoms with Gasteiger partial charge in [0.05, 0.1) is 5.37 Å². The number of carboxylic acid groups (broad SMARTS) is 1. The molecule has 0 aromatic carbocycles. The lowest BCUT2D eigenvalue weighted by molar-refractivity contribution is -0.149. The summed E-state index contributed by atoms with van der Waals surface area (Å²) in [5, 5.41) is 12.5. The molecule has 2 aliphatic heterocycles. The van der Waals surface area contributed by atoms with Crippen LogP contribution in [0.1, 0.15) is 32.6 Å². The minimum absolute atomic E-state index is 0.0103. The van der Waals surface area contributed by atoms with Crippen LogP contribution in [0.15, 0.2) is 0 Å².